The topological polar surface area (TPSA) is 93.1 Å². The monoisotopic (exact) mass is 393 g/mol. The third-order valence-electron chi connectivity index (χ3n) is 4.50. The first-order valence-corrected chi connectivity index (χ1v) is 9.12. The highest BCUT2D eigenvalue weighted by molar-refractivity contribution is 6.20. The van der Waals surface area contributed by atoms with Crippen molar-refractivity contribution in [1.82, 2.24) is 0 Å². The summed E-state index contributed by atoms with van der Waals surface area (Å²) in [6, 6.07) is 12.3. The number of carbonyl (C=O) groups excluding carboxylic acids is 2. The Morgan fingerprint density at radius 3 is 2.34 bits per heavy atom. The van der Waals surface area contributed by atoms with Gasteiger partial charge in [0.25, 0.3) is 5.91 Å². The van der Waals surface area contributed by atoms with Gasteiger partial charge in [0, 0.05) is 5.69 Å². The number of aliphatic hydroxyl groups excluding tert-OH is 1. The number of nitrogens with zero attached hydrogens (tertiary/aromatic N) is 1. The fraction of sp³-hybridized carbons (Fsp3) is 0.182. The summed E-state index contributed by atoms with van der Waals surface area (Å²) < 4.78 is 16.3. The van der Waals surface area contributed by atoms with Crippen LogP contribution in [0.1, 0.15) is 36.2 Å². The van der Waals surface area contributed by atoms with Crippen LogP contribution in [0.25, 0.3) is 0 Å². The smallest absolute Gasteiger partial charge is 0.294 e. The number of amides is 1. The molecule has 0 fully saturated rings. The number of hydrogen-bond acceptors (Lipinski definition) is 6. The van der Waals surface area contributed by atoms with Gasteiger partial charge >= 0.3 is 0 Å². The normalized spacial score (nSPS) is 16.7. The molecule has 1 aliphatic rings. The quantitative estimate of drug-likeness (QED) is 0.622. The molecule has 148 valence electrons. The number of furan rings is 2. The Morgan fingerprint density at radius 1 is 1.07 bits per heavy atom. The molecule has 0 bridgehead atoms. The summed E-state index contributed by atoms with van der Waals surface area (Å²) in [5, 5.41) is 10.6. The Bertz CT molecular complexity index is 1050. The lowest BCUT2D eigenvalue weighted by atomic mass is 9.99. The van der Waals surface area contributed by atoms with Gasteiger partial charge in [-0.25, -0.2) is 0 Å². The van der Waals surface area contributed by atoms with Gasteiger partial charge in [-0.3, -0.25) is 14.5 Å². The molecule has 1 atom stereocenters. The molecule has 1 unspecified atom stereocenters. The predicted molar refractivity (Wildman–Crippen MR) is 104 cm³/mol. The van der Waals surface area contributed by atoms with E-state index in [4.69, 9.17) is 13.6 Å². The first-order valence-electron chi connectivity index (χ1n) is 9.12. The molecule has 0 radical (unpaired) electrons. The second-order valence-electron chi connectivity index (χ2n) is 6.82. The number of benzene rings is 1. The molecule has 0 saturated heterocycles. The highest BCUT2D eigenvalue weighted by Crippen LogP contribution is 2.42. The summed E-state index contributed by atoms with van der Waals surface area (Å²) in [5.74, 6) is -0.883. The molecule has 2 aromatic heterocycles. The van der Waals surface area contributed by atoms with E-state index in [1.165, 1.54) is 23.5 Å². The van der Waals surface area contributed by atoms with E-state index < -0.39 is 23.5 Å². The Balaban J connectivity index is 1.76. The molecule has 1 amide bonds. The molecule has 7 heteroatoms. The van der Waals surface area contributed by atoms with E-state index in [2.05, 4.69) is 0 Å². The lowest BCUT2D eigenvalue weighted by Gasteiger charge is -2.25. The third kappa shape index (κ3) is 3.31. The summed E-state index contributed by atoms with van der Waals surface area (Å²) in [5.41, 5.74) is 0.392. The number of ketones is 1. The van der Waals surface area contributed by atoms with Crippen molar-refractivity contribution in [2.75, 3.05) is 4.90 Å². The largest absolute Gasteiger partial charge is 0.503 e. The Hall–Kier alpha value is -3.74. The molecular weight excluding hydrogens is 374 g/mol. The lowest BCUT2D eigenvalue weighted by molar-refractivity contribution is -0.117. The number of carbonyl (C=O) groups is 2. The lowest BCUT2D eigenvalue weighted by Crippen LogP contribution is -2.30. The molecule has 3 heterocycles. The van der Waals surface area contributed by atoms with Gasteiger partial charge in [-0.15, -0.1) is 0 Å². The van der Waals surface area contributed by atoms with Crippen molar-refractivity contribution in [3.05, 3.63) is 83.9 Å². The van der Waals surface area contributed by atoms with Gasteiger partial charge in [0.15, 0.2) is 11.5 Å². The molecule has 29 heavy (non-hydrogen) atoms. The van der Waals surface area contributed by atoms with Crippen molar-refractivity contribution in [2.24, 2.45) is 0 Å². The minimum Gasteiger partial charge on any atom is -0.503 e. The van der Waals surface area contributed by atoms with Crippen molar-refractivity contribution < 1.29 is 28.3 Å². The van der Waals surface area contributed by atoms with Gasteiger partial charge < -0.3 is 18.7 Å². The second-order valence-corrected chi connectivity index (χ2v) is 6.82. The van der Waals surface area contributed by atoms with Gasteiger partial charge in [0.05, 0.1) is 24.2 Å². The predicted octanol–water partition coefficient (Wildman–Crippen LogP) is 4.44. The molecule has 1 aliphatic heterocycles. The Kier molecular flexibility index (Phi) is 4.72. The van der Waals surface area contributed by atoms with E-state index in [-0.39, 0.29) is 17.4 Å². The molecule has 4 rings (SSSR count). The first kappa shape index (κ1) is 18.6. The summed E-state index contributed by atoms with van der Waals surface area (Å²) >= 11 is 0. The van der Waals surface area contributed by atoms with Gasteiger partial charge in [-0.05, 0) is 62.4 Å². The third-order valence-corrected chi connectivity index (χ3v) is 4.50. The zero-order valence-corrected chi connectivity index (χ0v) is 15.9. The summed E-state index contributed by atoms with van der Waals surface area (Å²) in [6.07, 6.45) is 2.81. The van der Waals surface area contributed by atoms with Gasteiger partial charge in [0.2, 0.25) is 5.78 Å². The SMILES string of the molecule is CC(C)Oc1ccc(N2C(=O)C(O)=C(C(=O)c3ccco3)C2c2ccco2)cc1. The van der Waals surface area contributed by atoms with Crippen LogP contribution in [0.3, 0.4) is 0 Å². The number of ether oxygens (including phenoxy) is 1. The van der Waals surface area contributed by atoms with Gasteiger partial charge in [-0.1, -0.05) is 0 Å². The van der Waals surface area contributed by atoms with Crippen molar-refractivity contribution in [3.63, 3.8) is 0 Å². The Morgan fingerprint density at radius 2 is 1.76 bits per heavy atom. The number of hydrogen-bond donors (Lipinski definition) is 1. The molecule has 1 aromatic carbocycles. The van der Waals surface area contributed by atoms with Gasteiger partial charge in [0.1, 0.15) is 17.6 Å². The van der Waals surface area contributed by atoms with Crippen LogP contribution in [0.15, 0.2) is 81.2 Å². The zero-order chi connectivity index (χ0) is 20.5. The summed E-state index contributed by atoms with van der Waals surface area (Å²) in [7, 11) is 0. The number of rotatable bonds is 6. The summed E-state index contributed by atoms with van der Waals surface area (Å²) in [6.45, 7) is 3.83. The average Bonchev–Trinajstić information content (AvgIpc) is 3.44. The van der Waals surface area contributed by atoms with Crippen LogP contribution in [0.2, 0.25) is 0 Å². The van der Waals surface area contributed by atoms with E-state index >= 15 is 0 Å². The average molecular weight is 393 g/mol. The molecule has 1 N–H and O–H groups in total. The minimum atomic E-state index is -0.924. The highest BCUT2D eigenvalue weighted by Gasteiger charge is 2.46. The fourth-order valence-electron chi connectivity index (χ4n) is 3.32. The number of Topliss-reactive ketones (excluding diaryl/α,β-unsaturated/α-hetero) is 1. The molecule has 0 aliphatic carbocycles. The van der Waals surface area contributed by atoms with Crippen molar-refractivity contribution in [2.45, 2.75) is 26.0 Å². The van der Waals surface area contributed by atoms with Crippen LogP contribution < -0.4 is 9.64 Å². The van der Waals surface area contributed by atoms with Crippen LogP contribution in [-0.2, 0) is 4.79 Å². The van der Waals surface area contributed by atoms with Crippen molar-refractivity contribution in [3.8, 4) is 5.75 Å². The van der Waals surface area contributed by atoms with Crippen LogP contribution in [0.4, 0.5) is 5.69 Å². The van der Waals surface area contributed by atoms with Crippen LogP contribution in [0, 0.1) is 0 Å². The summed E-state index contributed by atoms with van der Waals surface area (Å²) in [4.78, 5) is 27.2. The van der Waals surface area contributed by atoms with Crippen LogP contribution >= 0.6 is 0 Å². The van der Waals surface area contributed by atoms with E-state index in [9.17, 15) is 14.7 Å². The van der Waals surface area contributed by atoms with E-state index in [0.29, 0.717) is 17.2 Å². The van der Waals surface area contributed by atoms with Crippen LogP contribution in [-0.4, -0.2) is 22.9 Å². The minimum absolute atomic E-state index is 0.00775. The molecule has 0 saturated carbocycles. The molecular formula is C22H19NO6. The number of aliphatic hydroxyl groups is 1. The van der Waals surface area contributed by atoms with E-state index in [1.807, 2.05) is 13.8 Å². The maximum absolute atomic E-state index is 13.0. The zero-order valence-electron chi connectivity index (χ0n) is 15.9. The van der Waals surface area contributed by atoms with Crippen molar-refractivity contribution >= 4 is 17.4 Å². The Labute approximate surface area is 166 Å². The first-order chi connectivity index (χ1) is 14.0. The molecule has 3 aromatic rings. The number of anilines is 1. The van der Waals surface area contributed by atoms with Crippen molar-refractivity contribution in [1.29, 1.82) is 0 Å². The van der Waals surface area contributed by atoms with Crippen LogP contribution in [0.5, 0.6) is 5.75 Å². The second kappa shape index (κ2) is 7.35. The maximum atomic E-state index is 13.0. The van der Waals surface area contributed by atoms with E-state index in [1.54, 1.807) is 42.5 Å². The standard InChI is InChI=1S/C22H19NO6/c1-13(2)29-15-9-7-14(8-10-15)23-19(16-5-3-11-27-16)18(21(25)22(23)26)20(24)17-6-4-12-28-17/h3-13,19,25H,1-2H3. The maximum Gasteiger partial charge on any atom is 0.294 e. The van der Waals surface area contributed by atoms with E-state index in [0.717, 1.165) is 0 Å². The highest BCUT2D eigenvalue weighted by atomic mass is 16.5. The molecule has 7 nitrogen and oxygen atoms in total. The fourth-order valence-corrected chi connectivity index (χ4v) is 3.32. The molecule has 0 spiro atoms. The van der Waals surface area contributed by atoms with Gasteiger partial charge in [-0.2, -0.15) is 0 Å².